The van der Waals surface area contributed by atoms with Crippen molar-refractivity contribution in [1.82, 2.24) is 30.6 Å². The first kappa shape index (κ1) is 21.0. The predicted molar refractivity (Wildman–Crippen MR) is 100 cm³/mol. The Kier molecular flexibility index (Phi) is 6.24. The fourth-order valence-electron chi connectivity index (χ4n) is 2.38. The number of aromatic nitrogens is 4. The maximum atomic E-state index is 12.0. The summed E-state index contributed by atoms with van der Waals surface area (Å²) in [6.45, 7) is 0.0394. The number of hydrogen-bond donors (Lipinski definition) is 2. The molecular weight excluding hydrogens is 416 g/mol. The Balaban J connectivity index is 1.45. The van der Waals surface area contributed by atoms with Gasteiger partial charge in [-0.15, -0.1) is 0 Å². The summed E-state index contributed by atoms with van der Waals surface area (Å²) in [4.78, 5) is 48.1. The molecular formula is C16H14N8O7. The number of rotatable bonds is 9. The van der Waals surface area contributed by atoms with Crippen LogP contribution in [0.25, 0.3) is 0 Å². The molecule has 3 aromatic rings. The summed E-state index contributed by atoms with van der Waals surface area (Å²) < 4.78 is 6.05. The second-order valence-electron chi connectivity index (χ2n) is 5.99. The van der Waals surface area contributed by atoms with E-state index >= 15 is 0 Å². The molecule has 0 bridgehead atoms. The van der Waals surface area contributed by atoms with Crippen molar-refractivity contribution in [2.75, 3.05) is 13.1 Å². The Bertz CT molecular complexity index is 1140. The normalized spacial score (nSPS) is 10.5. The summed E-state index contributed by atoms with van der Waals surface area (Å²) in [6.07, 6.45) is 2.25. The lowest BCUT2D eigenvalue weighted by atomic mass is 10.2. The fourth-order valence-corrected chi connectivity index (χ4v) is 2.38. The van der Waals surface area contributed by atoms with E-state index in [1.54, 1.807) is 0 Å². The van der Waals surface area contributed by atoms with Crippen LogP contribution in [-0.2, 0) is 6.54 Å². The molecule has 0 fully saturated rings. The number of carbonyl (C=O) groups excluding carboxylic acids is 2. The highest BCUT2D eigenvalue weighted by Crippen LogP contribution is 2.13. The molecule has 2 heterocycles. The van der Waals surface area contributed by atoms with Crippen molar-refractivity contribution in [2.24, 2.45) is 0 Å². The van der Waals surface area contributed by atoms with E-state index in [9.17, 15) is 29.8 Å². The Morgan fingerprint density at radius 3 is 2.45 bits per heavy atom. The second kappa shape index (κ2) is 9.21. The van der Waals surface area contributed by atoms with E-state index in [4.69, 9.17) is 4.52 Å². The fraction of sp³-hybridized carbons (Fsp3) is 0.188. The van der Waals surface area contributed by atoms with Crippen molar-refractivity contribution in [3.63, 3.8) is 0 Å². The van der Waals surface area contributed by atoms with Gasteiger partial charge < -0.3 is 15.2 Å². The minimum atomic E-state index is -0.685. The van der Waals surface area contributed by atoms with Crippen LogP contribution in [0.3, 0.4) is 0 Å². The molecule has 2 N–H and O–H groups in total. The van der Waals surface area contributed by atoms with Gasteiger partial charge in [-0.25, -0.2) is 0 Å². The smallest absolute Gasteiger partial charge is 0.316 e. The molecule has 0 spiro atoms. The monoisotopic (exact) mass is 430 g/mol. The molecule has 31 heavy (non-hydrogen) atoms. The molecule has 3 rings (SSSR count). The molecule has 0 saturated heterocycles. The topological polar surface area (TPSA) is 201 Å². The van der Waals surface area contributed by atoms with Gasteiger partial charge >= 0.3 is 17.5 Å². The molecule has 0 saturated carbocycles. The van der Waals surface area contributed by atoms with Gasteiger partial charge in [0.1, 0.15) is 18.9 Å². The molecule has 15 heteroatoms. The first-order chi connectivity index (χ1) is 14.8. The number of hydrogen-bond acceptors (Lipinski definition) is 10. The van der Waals surface area contributed by atoms with E-state index in [0.29, 0.717) is 0 Å². The molecule has 15 nitrogen and oxygen atoms in total. The number of non-ortho nitro benzene ring substituents is 1. The van der Waals surface area contributed by atoms with Gasteiger partial charge in [-0.2, -0.15) is 10.1 Å². The molecule has 0 aliphatic carbocycles. The Hall–Kier alpha value is -4.69. The zero-order valence-electron chi connectivity index (χ0n) is 15.6. The van der Waals surface area contributed by atoms with Crippen LogP contribution in [0.1, 0.15) is 26.9 Å². The molecule has 0 atom stereocenters. The minimum Gasteiger partial charge on any atom is -0.350 e. The van der Waals surface area contributed by atoms with Crippen LogP contribution in [0.2, 0.25) is 0 Å². The van der Waals surface area contributed by atoms with Gasteiger partial charge in [0.05, 0.1) is 9.85 Å². The molecule has 0 radical (unpaired) electrons. The average Bonchev–Trinajstić information content (AvgIpc) is 3.41. The summed E-state index contributed by atoms with van der Waals surface area (Å²) in [5.41, 5.74) is -0.299. The lowest BCUT2D eigenvalue weighted by Crippen LogP contribution is -2.34. The average molecular weight is 430 g/mol. The van der Waals surface area contributed by atoms with Gasteiger partial charge in [0.2, 0.25) is 0 Å². The van der Waals surface area contributed by atoms with Gasteiger partial charge in [-0.1, -0.05) is 11.2 Å². The Morgan fingerprint density at radius 2 is 1.77 bits per heavy atom. The van der Waals surface area contributed by atoms with Gasteiger partial charge in [0, 0.05) is 30.8 Å². The summed E-state index contributed by atoms with van der Waals surface area (Å²) in [7, 11) is 0. The second-order valence-corrected chi connectivity index (χ2v) is 5.99. The van der Waals surface area contributed by atoms with Gasteiger partial charge in [-0.3, -0.25) is 34.5 Å². The quantitative estimate of drug-likeness (QED) is 0.270. The molecule has 0 unspecified atom stereocenters. The lowest BCUT2D eigenvalue weighted by molar-refractivity contribution is -0.385. The van der Waals surface area contributed by atoms with Crippen LogP contribution >= 0.6 is 0 Å². The number of benzene rings is 1. The Morgan fingerprint density at radius 1 is 1.06 bits per heavy atom. The van der Waals surface area contributed by atoms with Crippen LogP contribution in [0.5, 0.6) is 0 Å². The SMILES string of the molecule is O=C(NCCNC(=O)c1nc(Cn2cc([N+](=O)[O-])cn2)no1)c1cccc([N+](=O)[O-])c1. The van der Waals surface area contributed by atoms with E-state index < -0.39 is 21.7 Å². The summed E-state index contributed by atoms with van der Waals surface area (Å²) in [5.74, 6) is -1.47. The molecule has 2 aromatic heterocycles. The standard InChI is InChI=1S/C16H14N8O7/c25-14(10-2-1-3-11(6-10)23(27)28)17-4-5-18-15(26)16-20-13(21-31-16)9-22-8-12(7-19-22)24(29)30/h1-3,6-8H,4-5,9H2,(H,17,25)(H,18,26). The van der Waals surface area contributed by atoms with Crippen molar-refractivity contribution >= 4 is 23.2 Å². The largest absolute Gasteiger partial charge is 0.350 e. The number of carbonyl (C=O) groups is 2. The molecule has 160 valence electrons. The maximum Gasteiger partial charge on any atom is 0.316 e. The molecule has 1 aromatic carbocycles. The third kappa shape index (κ3) is 5.43. The molecule has 2 amide bonds. The van der Waals surface area contributed by atoms with E-state index in [-0.39, 0.29) is 48.3 Å². The zero-order chi connectivity index (χ0) is 22.4. The highest BCUT2D eigenvalue weighted by molar-refractivity contribution is 5.94. The van der Waals surface area contributed by atoms with Crippen LogP contribution in [-0.4, -0.2) is 54.7 Å². The summed E-state index contributed by atoms with van der Waals surface area (Å²) >= 11 is 0. The van der Waals surface area contributed by atoms with Crippen molar-refractivity contribution in [1.29, 1.82) is 0 Å². The first-order valence-corrected chi connectivity index (χ1v) is 8.64. The Labute approximate surface area is 172 Å². The third-order valence-corrected chi connectivity index (χ3v) is 3.81. The van der Waals surface area contributed by atoms with Crippen LogP contribution in [0.4, 0.5) is 11.4 Å². The number of nitro benzene ring substituents is 1. The van der Waals surface area contributed by atoms with Gasteiger partial charge in [0.25, 0.3) is 11.6 Å². The third-order valence-electron chi connectivity index (χ3n) is 3.81. The van der Waals surface area contributed by atoms with Crippen LogP contribution < -0.4 is 10.6 Å². The highest BCUT2D eigenvalue weighted by Gasteiger charge is 2.17. The van der Waals surface area contributed by atoms with Crippen molar-refractivity contribution < 1.29 is 24.0 Å². The summed E-state index contributed by atoms with van der Waals surface area (Å²) in [6, 6.07) is 5.23. The zero-order valence-corrected chi connectivity index (χ0v) is 15.6. The maximum absolute atomic E-state index is 12.0. The van der Waals surface area contributed by atoms with Crippen molar-refractivity contribution in [2.45, 2.75) is 6.54 Å². The molecule has 0 aliphatic heterocycles. The van der Waals surface area contributed by atoms with Gasteiger partial charge in [0.15, 0.2) is 5.82 Å². The lowest BCUT2D eigenvalue weighted by Gasteiger charge is -2.05. The number of nitrogens with zero attached hydrogens (tertiary/aromatic N) is 6. The van der Waals surface area contributed by atoms with E-state index in [1.165, 1.54) is 29.1 Å². The molecule has 0 aliphatic rings. The number of nitro groups is 2. The van der Waals surface area contributed by atoms with E-state index in [0.717, 1.165) is 12.3 Å². The van der Waals surface area contributed by atoms with Crippen molar-refractivity contribution in [3.05, 3.63) is 74.2 Å². The van der Waals surface area contributed by atoms with E-state index in [2.05, 4.69) is 25.9 Å². The van der Waals surface area contributed by atoms with Gasteiger partial charge in [-0.05, 0) is 6.07 Å². The predicted octanol–water partition coefficient (Wildman–Crippen LogP) is 0.291. The van der Waals surface area contributed by atoms with Crippen LogP contribution in [0, 0.1) is 20.2 Å². The first-order valence-electron chi connectivity index (χ1n) is 8.64. The van der Waals surface area contributed by atoms with Crippen molar-refractivity contribution in [3.8, 4) is 0 Å². The van der Waals surface area contributed by atoms with Crippen LogP contribution in [0.15, 0.2) is 41.2 Å². The highest BCUT2D eigenvalue weighted by atomic mass is 16.6. The van der Waals surface area contributed by atoms with E-state index in [1.807, 2.05) is 0 Å². The summed E-state index contributed by atoms with van der Waals surface area (Å²) in [5, 5.41) is 33.8. The number of amides is 2. The minimum absolute atomic E-state index is 0.0303. The number of nitrogens with one attached hydrogen (secondary N) is 2.